The molecule has 1 saturated heterocycles. The maximum atomic E-state index is 12.8. The van der Waals surface area contributed by atoms with E-state index in [1.807, 2.05) is 0 Å². The van der Waals surface area contributed by atoms with Crippen LogP contribution >= 0.6 is 15.9 Å². The highest BCUT2D eigenvalue weighted by Crippen LogP contribution is 2.30. The van der Waals surface area contributed by atoms with E-state index < -0.39 is 0 Å². The molecule has 0 radical (unpaired) electrons. The van der Waals surface area contributed by atoms with Gasteiger partial charge in [-0.2, -0.15) is 0 Å². The average Bonchev–Trinajstić information content (AvgIpc) is 2.04. The maximum absolute atomic E-state index is 12.8. The Hall–Kier alpha value is -0.900. The number of carbonyl (C=O) groups is 1. The first-order valence-corrected chi connectivity index (χ1v) is 4.70. The van der Waals surface area contributed by atoms with Crippen molar-refractivity contribution in [2.75, 3.05) is 0 Å². The Kier molecular flexibility index (Phi) is 2.07. The molecule has 1 atom stereocenters. The van der Waals surface area contributed by atoms with Crippen molar-refractivity contribution in [3.05, 3.63) is 34.1 Å². The molecule has 13 heavy (non-hydrogen) atoms. The molecule has 2 nitrogen and oxygen atoms in total. The number of hydrogen-bond acceptors (Lipinski definition) is 1. The molecule has 1 aliphatic rings. The first kappa shape index (κ1) is 8.69. The fourth-order valence-corrected chi connectivity index (χ4v) is 1.85. The van der Waals surface area contributed by atoms with Crippen LogP contribution in [0.25, 0.3) is 0 Å². The largest absolute Gasteiger partial charge is 0.349 e. The zero-order valence-electron chi connectivity index (χ0n) is 6.68. The molecule has 1 fully saturated rings. The van der Waals surface area contributed by atoms with Gasteiger partial charge in [0.1, 0.15) is 5.82 Å². The summed E-state index contributed by atoms with van der Waals surface area (Å²) in [7, 11) is 0. The molecule has 0 aromatic heterocycles. The van der Waals surface area contributed by atoms with Gasteiger partial charge in [0.15, 0.2) is 0 Å². The highest BCUT2D eigenvalue weighted by molar-refractivity contribution is 9.10. The molecule has 1 aliphatic heterocycles. The third-order valence-electron chi connectivity index (χ3n) is 2.06. The molecule has 1 unspecified atom stereocenters. The predicted molar refractivity (Wildman–Crippen MR) is 49.6 cm³/mol. The molecule has 68 valence electrons. The van der Waals surface area contributed by atoms with Crippen molar-refractivity contribution in [2.24, 2.45) is 0 Å². The molecule has 1 N–H and O–H groups in total. The van der Waals surface area contributed by atoms with Crippen molar-refractivity contribution in [3.63, 3.8) is 0 Å². The summed E-state index contributed by atoms with van der Waals surface area (Å²) >= 11 is 3.31. The third-order valence-corrected chi connectivity index (χ3v) is 2.78. The quantitative estimate of drug-likeness (QED) is 0.753. The van der Waals surface area contributed by atoms with E-state index in [4.69, 9.17) is 0 Å². The molecule has 0 bridgehead atoms. The minimum absolute atomic E-state index is 0.0150. The Morgan fingerprint density at radius 2 is 2.23 bits per heavy atom. The summed E-state index contributed by atoms with van der Waals surface area (Å²) in [5.74, 6) is -0.263. The maximum Gasteiger partial charge on any atom is 0.222 e. The van der Waals surface area contributed by atoms with Crippen molar-refractivity contribution in [2.45, 2.75) is 12.5 Å². The molecule has 1 amide bonds. The second kappa shape index (κ2) is 3.10. The summed E-state index contributed by atoms with van der Waals surface area (Å²) in [5.41, 5.74) is 0.805. The summed E-state index contributed by atoms with van der Waals surface area (Å²) in [5, 5.41) is 2.69. The van der Waals surface area contributed by atoms with Crippen LogP contribution in [-0.4, -0.2) is 5.91 Å². The van der Waals surface area contributed by atoms with Gasteiger partial charge in [-0.05, 0) is 23.8 Å². The zero-order valence-corrected chi connectivity index (χ0v) is 8.27. The van der Waals surface area contributed by atoms with Gasteiger partial charge >= 0.3 is 0 Å². The fourth-order valence-electron chi connectivity index (χ4n) is 1.33. The summed E-state index contributed by atoms with van der Waals surface area (Å²) < 4.78 is 13.7. The summed E-state index contributed by atoms with van der Waals surface area (Å²) in [6.07, 6.45) is 0.446. The van der Waals surface area contributed by atoms with E-state index in [2.05, 4.69) is 21.2 Å². The lowest BCUT2D eigenvalue weighted by molar-refractivity contribution is -0.128. The minimum atomic E-state index is -0.278. The second-order valence-electron chi connectivity index (χ2n) is 2.99. The highest BCUT2D eigenvalue weighted by atomic mass is 79.9. The van der Waals surface area contributed by atoms with Crippen LogP contribution in [0.4, 0.5) is 4.39 Å². The standard InChI is InChI=1S/C9H7BrFNO/c10-7-2-1-5(11)3-6(7)8-4-9(13)12-8/h1-3,8H,4H2,(H,12,13). The van der Waals surface area contributed by atoms with Crippen molar-refractivity contribution in [1.82, 2.24) is 5.32 Å². The number of halogens is 2. The smallest absolute Gasteiger partial charge is 0.222 e. The van der Waals surface area contributed by atoms with Gasteiger partial charge in [0, 0.05) is 4.47 Å². The molecule has 0 spiro atoms. The lowest BCUT2D eigenvalue weighted by Crippen LogP contribution is -2.41. The number of nitrogens with one attached hydrogen (secondary N) is 1. The van der Waals surface area contributed by atoms with Crippen LogP contribution in [0, 0.1) is 5.82 Å². The van der Waals surface area contributed by atoms with Gasteiger partial charge < -0.3 is 5.32 Å². The molecule has 0 saturated carbocycles. The van der Waals surface area contributed by atoms with Gasteiger partial charge in [-0.25, -0.2) is 4.39 Å². The Morgan fingerprint density at radius 1 is 1.54 bits per heavy atom. The topological polar surface area (TPSA) is 29.1 Å². The Labute approximate surface area is 83.3 Å². The Balaban J connectivity index is 2.29. The van der Waals surface area contributed by atoms with E-state index in [-0.39, 0.29) is 17.8 Å². The van der Waals surface area contributed by atoms with Crippen molar-refractivity contribution < 1.29 is 9.18 Å². The van der Waals surface area contributed by atoms with E-state index in [9.17, 15) is 9.18 Å². The molecule has 1 aromatic carbocycles. The summed E-state index contributed by atoms with van der Waals surface area (Å²) in [6, 6.07) is 4.44. The number of carbonyl (C=O) groups excluding carboxylic acids is 1. The van der Waals surface area contributed by atoms with E-state index in [1.54, 1.807) is 6.07 Å². The normalized spacial score (nSPS) is 20.8. The molecular formula is C9H7BrFNO. The second-order valence-corrected chi connectivity index (χ2v) is 3.84. The molecule has 1 aromatic rings. The van der Waals surface area contributed by atoms with Gasteiger partial charge in [-0.15, -0.1) is 0 Å². The van der Waals surface area contributed by atoms with E-state index in [1.165, 1.54) is 12.1 Å². The number of benzene rings is 1. The lowest BCUT2D eigenvalue weighted by Gasteiger charge is -2.28. The predicted octanol–water partition coefficient (Wildman–Crippen LogP) is 2.15. The summed E-state index contributed by atoms with van der Waals surface area (Å²) in [6.45, 7) is 0. The van der Waals surface area contributed by atoms with Gasteiger partial charge in [0.2, 0.25) is 5.91 Å². The number of amides is 1. The van der Waals surface area contributed by atoms with Crippen molar-refractivity contribution in [3.8, 4) is 0 Å². The van der Waals surface area contributed by atoms with Crippen LogP contribution in [0.1, 0.15) is 18.0 Å². The average molecular weight is 244 g/mol. The Morgan fingerprint density at radius 3 is 2.85 bits per heavy atom. The highest BCUT2D eigenvalue weighted by Gasteiger charge is 2.28. The monoisotopic (exact) mass is 243 g/mol. The van der Waals surface area contributed by atoms with E-state index >= 15 is 0 Å². The van der Waals surface area contributed by atoms with Crippen LogP contribution < -0.4 is 5.32 Å². The Bertz CT molecular complexity index is 359. The van der Waals surface area contributed by atoms with E-state index in [0.717, 1.165) is 10.0 Å². The number of β-lactam (4-membered cyclic amide) rings is 1. The molecule has 0 aliphatic carbocycles. The molecule has 2 rings (SSSR count). The minimum Gasteiger partial charge on any atom is -0.349 e. The SMILES string of the molecule is O=C1CC(c2cc(F)ccc2Br)N1. The van der Waals surface area contributed by atoms with Crippen LogP contribution in [0.15, 0.2) is 22.7 Å². The zero-order chi connectivity index (χ0) is 9.42. The van der Waals surface area contributed by atoms with Gasteiger partial charge in [-0.3, -0.25) is 4.79 Å². The van der Waals surface area contributed by atoms with Crippen molar-refractivity contribution >= 4 is 21.8 Å². The van der Waals surface area contributed by atoms with Crippen LogP contribution in [-0.2, 0) is 4.79 Å². The molecule has 1 heterocycles. The lowest BCUT2D eigenvalue weighted by atomic mass is 9.97. The van der Waals surface area contributed by atoms with Gasteiger partial charge in [-0.1, -0.05) is 15.9 Å². The van der Waals surface area contributed by atoms with Crippen molar-refractivity contribution in [1.29, 1.82) is 0 Å². The summed E-state index contributed by atoms with van der Waals surface area (Å²) in [4.78, 5) is 10.7. The third kappa shape index (κ3) is 1.58. The first-order chi connectivity index (χ1) is 6.16. The van der Waals surface area contributed by atoms with Crippen LogP contribution in [0.3, 0.4) is 0 Å². The van der Waals surface area contributed by atoms with Gasteiger partial charge in [0.25, 0.3) is 0 Å². The van der Waals surface area contributed by atoms with Gasteiger partial charge in [0.05, 0.1) is 12.5 Å². The molecule has 4 heteroatoms. The first-order valence-electron chi connectivity index (χ1n) is 3.91. The number of hydrogen-bond donors (Lipinski definition) is 1. The van der Waals surface area contributed by atoms with E-state index in [0.29, 0.717) is 6.42 Å². The van der Waals surface area contributed by atoms with Crippen LogP contribution in [0.2, 0.25) is 0 Å². The van der Waals surface area contributed by atoms with Crippen LogP contribution in [0.5, 0.6) is 0 Å². The molecular weight excluding hydrogens is 237 g/mol. The fraction of sp³-hybridized carbons (Fsp3) is 0.222. The number of rotatable bonds is 1.